The van der Waals surface area contributed by atoms with Crippen molar-refractivity contribution in [2.45, 2.75) is 37.0 Å². The van der Waals surface area contributed by atoms with Crippen LogP contribution in [-0.2, 0) is 22.7 Å². The minimum atomic E-state index is -3.25. The molecule has 0 amide bonds. The highest BCUT2D eigenvalue weighted by atomic mass is 32.2. The molecule has 0 radical (unpaired) electrons. The smallest absolute Gasteiger partial charge is 0.179 e. The summed E-state index contributed by atoms with van der Waals surface area (Å²) in [6.45, 7) is 0. The second-order valence-electron chi connectivity index (χ2n) is 4.82. The predicted octanol–water partition coefficient (Wildman–Crippen LogP) is 1.93. The molecule has 0 spiro atoms. The molecule has 0 aromatic heterocycles. The maximum absolute atomic E-state index is 12.1. The Kier molecular flexibility index (Phi) is 2.36. The maximum Gasteiger partial charge on any atom is 0.179 e. The molecule has 0 saturated heterocycles. The molecule has 3 nitrogen and oxygen atoms in total. The molecular formula is C13H14O3S. The largest absolute Gasteiger partial charge is 0.294 e. The number of sulfone groups is 1. The van der Waals surface area contributed by atoms with Crippen LogP contribution in [-0.4, -0.2) is 20.0 Å². The van der Waals surface area contributed by atoms with Crippen molar-refractivity contribution >= 4 is 15.6 Å². The van der Waals surface area contributed by atoms with Crippen molar-refractivity contribution in [1.82, 2.24) is 0 Å². The van der Waals surface area contributed by atoms with Gasteiger partial charge in [-0.1, -0.05) is 0 Å². The minimum absolute atomic E-state index is 0.0178. The Morgan fingerprint density at radius 1 is 0.941 bits per heavy atom. The van der Waals surface area contributed by atoms with Crippen molar-refractivity contribution in [3.05, 3.63) is 28.8 Å². The van der Waals surface area contributed by atoms with Crippen molar-refractivity contribution in [2.24, 2.45) is 0 Å². The van der Waals surface area contributed by atoms with Crippen LogP contribution in [0.1, 0.15) is 40.7 Å². The van der Waals surface area contributed by atoms with Gasteiger partial charge in [-0.15, -0.1) is 0 Å². The zero-order chi connectivity index (χ0) is 12.0. The van der Waals surface area contributed by atoms with E-state index in [2.05, 4.69) is 0 Å². The summed E-state index contributed by atoms with van der Waals surface area (Å²) in [6, 6.07) is 3.57. The molecule has 0 saturated carbocycles. The molecule has 0 unspecified atom stereocenters. The molecule has 4 heteroatoms. The summed E-state index contributed by atoms with van der Waals surface area (Å²) in [7, 11) is -3.25. The molecule has 2 aliphatic rings. The highest BCUT2D eigenvalue weighted by molar-refractivity contribution is 7.91. The van der Waals surface area contributed by atoms with Crippen LogP contribution >= 0.6 is 0 Å². The summed E-state index contributed by atoms with van der Waals surface area (Å²) in [5.41, 5.74) is 2.71. The Balaban J connectivity index is 2.29. The standard InChI is InChI=1S/C13H14O3S/c14-12-5-2-6-17(15,16)13-8-10-4-1-3-9(10)7-11(12)13/h7-8H,1-6H2. The first-order valence-electron chi connectivity index (χ1n) is 6.00. The fourth-order valence-corrected chi connectivity index (χ4v) is 4.32. The van der Waals surface area contributed by atoms with Crippen LogP contribution in [0.15, 0.2) is 17.0 Å². The van der Waals surface area contributed by atoms with Gasteiger partial charge in [0.25, 0.3) is 0 Å². The predicted molar refractivity (Wildman–Crippen MR) is 64.1 cm³/mol. The van der Waals surface area contributed by atoms with Gasteiger partial charge in [0.05, 0.1) is 10.6 Å². The third kappa shape index (κ3) is 1.71. The van der Waals surface area contributed by atoms with Crippen LogP contribution in [0.3, 0.4) is 0 Å². The molecule has 3 rings (SSSR count). The number of aryl methyl sites for hydroxylation is 2. The van der Waals surface area contributed by atoms with E-state index >= 15 is 0 Å². The summed E-state index contributed by atoms with van der Waals surface area (Å²) in [5.74, 6) is 0.0839. The molecule has 1 aliphatic carbocycles. The summed E-state index contributed by atoms with van der Waals surface area (Å²) in [6.07, 6.45) is 3.76. The third-order valence-corrected chi connectivity index (χ3v) is 5.48. The lowest BCUT2D eigenvalue weighted by Crippen LogP contribution is -2.08. The minimum Gasteiger partial charge on any atom is -0.294 e. The molecule has 0 atom stereocenters. The molecule has 90 valence electrons. The van der Waals surface area contributed by atoms with Gasteiger partial charge >= 0.3 is 0 Å². The molecule has 1 aliphatic heterocycles. The van der Waals surface area contributed by atoms with E-state index in [4.69, 9.17) is 0 Å². The lowest BCUT2D eigenvalue weighted by atomic mass is 10.0. The molecule has 0 fully saturated rings. The summed E-state index contributed by atoms with van der Waals surface area (Å²) >= 11 is 0. The average molecular weight is 250 g/mol. The van der Waals surface area contributed by atoms with Gasteiger partial charge in [-0.3, -0.25) is 4.79 Å². The first-order chi connectivity index (χ1) is 8.08. The van der Waals surface area contributed by atoms with Gasteiger partial charge in [-0.25, -0.2) is 8.42 Å². The fraction of sp³-hybridized carbons (Fsp3) is 0.462. The van der Waals surface area contributed by atoms with Gasteiger partial charge in [-0.05, 0) is 48.9 Å². The number of Topliss-reactive ketones (excluding diaryl/α,β-unsaturated/α-hetero) is 1. The number of carbonyl (C=O) groups is 1. The van der Waals surface area contributed by atoms with Crippen LogP contribution in [0.25, 0.3) is 0 Å². The van der Waals surface area contributed by atoms with Crippen molar-refractivity contribution in [1.29, 1.82) is 0 Å². The van der Waals surface area contributed by atoms with E-state index in [9.17, 15) is 13.2 Å². The number of rotatable bonds is 0. The molecule has 1 aromatic carbocycles. The van der Waals surface area contributed by atoms with E-state index in [1.807, 2.05) is 6.07 Å². The first kappa shape index (κ1) is 11.0. The van der Waals surface area contributed by atoms with E-state index in [1.165, 1.54) is 0 Å². The monoisotopic (exact) mass is 250 g/mol. The quantitative estimate of drug-likeness (QED) is 0.707. The molecule has 1 heterocycles. The van der Waals surface area contributed by atoms with Crippen molar-refractivity contribution in [3.8, 4) is 0 Å². The van der Waals surface area contributed by atoms with Gasteiger partial charge < -0.3 is 0 Å². The second-order valence-corrected chi connectivity index (χ2v) is 6.89. The molecule has 17 heavy (non-hydrogen) atoms. The summed E-state index contributed by atoms with van der Waals surface area (Å²) in [5, 5.41) is 0. The number of hydrogen-bond acceptors (Lipinski definition) is 3. The van der Waals surface area contributed by atoms with Crippen LogP contribution in [0.4, 0.5) is 0 Å². The van der Waals surface area contributed by atoms with Crippen LogP contribution in [0, 0.1) is 0 Å². The highest BCUT2D eigenvalue weighted by Gasteiger charge is 2.28. The highest BCUT2D eigenvalue weighted by Crippen LogP contribution is 2.31. The molecular weight excluding hydrogens is 236 g/mol. The SMILES string of the molecule is O=C1CCCS(=O)(=O)c2cc3c(cc21)CCC3. The van der Waals surface area contributed by atoms with Gasteiger partial charge in [0.1, 0.15) is 0 Å². The molecule has 1 aromatic rings. The van der Waals surface area contributed by atoms with Crippen LogP contribution < -0.4 is 0 Å². The van der Waals surface area contributed by atoms with Gasteiger partial charge in [-0.2, -0.15) is 0 Å². The van der Waals surface area contributed by atoms with E-state index in [-0.39, 0.29) is 16.4 Å². The Bertz CT molecular complexity index is 599. The Morgan fingerprint density at radius 2 is 1.65 bits per heavy atom. The fourth-order valence-electron chi connectivity index (χ4n) is 2.74. The van der Waals surface area contributed by atoms with Gasteiger partial charge in [0, 0.05) is 12.0 Å². The summed E-state index contributed by atoms with van der Waals surface area (Å²) in [4.78, 5) is 12.2. The van der Waals surface area contributed by atoms with Crippen molar-refractivity contribution in [2.75, 3.05) is 5.75 Å². The number of ketones is 1. The van der Waals surface area contributed by atoms with Gasteiger partial charge in [0.15, 0.2) is 15.6 Å². The van der Waals surface area contributed by atoms with E-state index in [0.29, 0.717) is 18.4 Å². The van der Waals surface area contributed by atoms with Gasteiger partial charge in [0.2, 0.25) is 0 Å². The number of fused-ring (bicyclic) bond motifs is 2. The van der Waals surface area contributed by atoms with E-state index < -0.39 is 9.84 Å². The van der Waals surface area contributed by atoms with E-state index in [0.717, 1.165) is 30.4 Å². The zero-order valence-electron chi connectivity index (χ0n) is 9.53. The van der Waals surface area contributed by atoms with Crippen molar-refractivity contribution in [3.63, 3.8) is 0 Å². The zero-order valence-corrected chi connectivity index (χ0v) is 10.3. The Hall–Kier alpha value is -1.16. The summed E-state index contributed by atoms with van der Waals surface area (Å²) < 4.78 is 24.2. The molecule has 0 bridgehead atoms. The average Bonchev–Trinajstić information content (AvgIpc) is 2.69. The third-order valence-electron chi connectivity index (χ3n) is 3.65. The number of carbonyl (C=O) groups excluding carboxylic acids is 1. The second kappa shape index (κ2) is 3.67. The number of benzene rings is 1. The van der Waals surface area contributed by atoms with Crippen molar-refractivity contribution < 1.29 is 13.2 Å². The lowest BCUT2D eigenvalue weighted by molar-refractivity contribution is 0.0980. The van der Waals surface area contributed by atoms with E-state index in [1.54, 1.807) is 6.07 Å². The molecule has 0 N–H and O–H groups in total. The topological polar surface area (TPSA) is 51.2 Å². The van der Waals surface area contributed by atoms with Crippen LogP contribution in [0.2, 0.25) is 0 Å². The van der Waals surface area contributed by atoms with Crippen LogP contribution in [0.5, 0.6) is 0 Å². The Morgan fingerprint density at radius 3 is 2.41 bits per heavy atom. The maximum atomic E-state index is 12.1. The number of hydrogen-bond donors (Lipinski definition) is 0. The lowest BCUT2D eigenvalue weighted by Gasteiger charge is -2.08. The first-order valence-corrected chi connectivity index (χ1v) is 7.65. The Labute approximate surface area is 101 Å². The normalized spacial score (nSPS) is 21.8.